The highest BCUT2D eigenvalue weighted by Gasteiger charge is 2.65. The van der Waals surface area contributed by atoms with Crippen LogP contribution in [0, 0.1) is 5.41 Å². The van der Waals surface area contributed by atoms with Gasteiger partial charge in [0.2, 0.25) is 0 Å². The lowest BCUT2D eigenvalue weighted by atomic mass is 9.70. The highest BCUT2D eigenvalue weighted by atomic mass is 16.8. The summed E-state index contributed by atoms with van der Waals surface area (Å²) in [4.78, 5) is 0. The van der Waals surface area contributed by atoms with Gasteiger partial charge in [-0.2, -0.15) is 0 Å². The molecule has 0 amide bonds. The van der Waals surface area contributed by atoms with Crippen molar-refractivity contribution in [3.8, 4) is 0 Å². The van der Waals surface area contributed by atoms with Gasteiger partial charge in [0.15, 0.2) is 17.9 Å². The number of hydrogen-bond acceptors (Lipinski definition) is 5. The Balaban J connectivity index is 1.95. The molecule has 5 heteroatoms. The van der Waals surface area contributed by atoms with E-state index in [-0.39, 0.29) is 23.7 Å². The van der Waals surface area contributed by atoms with Crippen LogP contribution in [0.2, 0.25) is 0 Å². The zero-order chi connectivity index (χ0) is 17.8. The van der Waals surface area contributed by atoms with Gasteiger partial charge >= 0.3 is 0 Å². The largest absolute Gasteiger partial charge is 0.348 e. The molecule has 0 aliphatic carbocycles. The first-order chi connectivity index (χ1) is 11.1. The van der Waals surface area contributed by atoms with E-state index in [4.69, 9.17) is 23.7 Å². The quantitative estimate of drug-likeness (QED) is 0.718. The van der Waals surface area contributed by atoms with Gasteiger partial charge in [-0.15, -0.1) is 13.2 Å². The standard InChI is InChI=1S/C19H30O5/c1-8-9-19(10-12(2)3)14(13-11-20-17(4,5)22-13)21-16-15(19)23-18(6,7)24-16/h8,13-16H,1-2,9-11H2,3-7H3/t13-,14-,15+,16-,19+/m1/s1. The lowest BCUT2D eigenvalue weighted by Crippen LogP contribution is -2.48. The van der Waals surface area contributed by atoms with Crippen molar-refractivity contribution in [2.24, 2.45) is 5.41 Å². The summed E-state index contributed by atoms with van der Waals surface area (Å²) in [5, 5.41) is 0. The summed E-state index contributed by atoms with van der Waals surface area (Å²) in [6.45, 7) is 18.3. The third-order valence-corrected chi connectivity index (χ3v) is 5.00. The molecule has 5 nitrogen and oxygen atoms in total. The molecule has 3 aliphatic rings. The van der Waals surface area contributed by atoms with Crippen molar-refractivity contribution in [2.75, 3.05) is 6.61 Å². The van der Waals surface area contributed by atoms with Crippen LogP contribution in [0.15, 0.2) is 24.8 Å². The average Bonchev–Trinajstić information content (AvgIpc) is 3.01. The molecule has 0 saturated carbocycles. The predicted molar refractivity (Wildman–Crippen MR) is 90.3 cm³/mol. The molecule has 24 heavy (non-hydrogen) atoms. The fourth-order valence-corrected chi connectivity index (χ4v) is 4.32. The van der Waals surface area contributed by atoms with Crippen molar-refractivity contribution in [3.05, 3.63) is 24.8 Å². The molecule has 0 aromatic carbocycles. The van der Waals surface area contributed by atoms with E-state index in [9.17, 15) is 0 Å². The molecule has 136 valence electrons. The van der Waals surface area contributed by atoms with E-state index < -0.39 is 17.9 Å². The van der Waals surface area contributed by atoms with Crippen molar-refractivity contribution in [2.45, 2.75) is 83.6 Å². The molecule has 0 aromatic rings. The lowest BCUT2D eigenvalue weighted by Gasteiger charge is -2.40. The van der Waals surface area contributed by atoms with E-state index in [2.05, 4.69) is 13.2 Å². The number of allylic oxidation sites excluding steroid dienone is 2. The topological polar surface area (TPSA) is 46.2 Å². The van der Waals surface area contributed by atoms with Gasteiger partial charge in [-0.3, -0.25) is 0 Å². The van der Waals surface area contributed by atoms with Crippen LogP contribution >= 0.6 is 0 Å². The van der Waals surface area contributed by atoms with Crippen molar-refractivity contribution in [1.82, 2.24) is 0 Å². The normalized spacial score (nSPS) is 42.9. The van der Waals surface area contributed by atoms with Gasteiger partial charge in [-0.25, -0.2) is 0 Å². The second-order valence-corrected chi connectivity index (χ2v) is 8.21. The zero-order valence-electron chi connectivity index (χ0n) is 15.5. The summed E-state index contributed by atoms with van der Waals surface area (Å²) in [6, 6.07) is 0. The molecule has 3 saturated heterocycles. The molecule has 3 aliphatic heterocycles. The molecule has 0 N–H and O–H groups in total. The number of ether oxygens (including phenoxy) is 5. The maximum absolute atomic E-state index is 6.33. The lowest BCUT2D eigenvalue weighted by molar-refractivity contribution is -0.237. The van der Waals surface area contributed by atoms with Crippen LogP contribution < -0.4 is 0 Å². The van der Waals surface area contributed by atoms with E-state index >= 15 is 0 Å². The van der Waals surface area contributed by atoms with E-state index in [1.54, 1.807) is 0 Å². The highest BCUT2D eigenvalue weighted by Crippen LogP contribution is 2.55. The second-order valence-electron chi connectivity index (χ2n) is 8.21. The Morgan fingerprint density at radius 1 is 1.08 bits per heavy atom. The Labute approximate surface area is 144 Å². The summed E-state index contributed by atoms with van der Waals surface area (Å²) >= 11 is 0. The number of rotatable bonds is 5. The minimum Gasteiger partial charge on any atom is -0.348 e. The zero-order valence-corrected chi connectivity index (χ0v) is 15.5. The van der Waals surface area contributed by atoms with Gasteiger partial charge in [-0.1, -0.05) is 11.6 Å². The van der Waals surface area contributed by atoms with E-state index in [0.29, 0.717) is 6.61 Å². The Morgan fingerprint density at radius 2 is 1.79 bits per heavy atom. The minimum atomic E-state index is -0.659. The van der Waals surface area contributed by atoms with Gasteiger partial charge in [0.1, 0.15) is 12.2 Å². The molecule has 0 bridgehead atoms. The molecule has 3 heterocycles. The summed E-state index contributed by atoms with van der Waals surface area (Å²) < 4.78 is 30.5. The molecular weight excluding hydrogens is 308 g/mol. The van der Waals surface area contributed by atoms with Crippen LogP contribution in [0.4, 0.5) is 0 Å². The van der Waals surface area contributed by atoms with Gasteiger partial charge in [0, 0.05) is 5.41 Å². The van der Waals surface area contributed by atoms with Crippen molar-refractivity contribution >= 4 is 0 Å². The van der Waals surface area contributed by atoms with Crippen LogP contribution in [0.1, 0.15) is 47.5 Å². The summed E-state index contributed by atoms with van der Waals surface area (Å²) in [6.07, 6.45) is 2.49. The Hall–Kier alpha value is -0.720. The minimum absolute atomic E-state index is 0.166. The maximum atomic E-state index is 6.33. The van der Waals surface area contributed by atoms with Gasteiger partial charge in [0.25, 0.3) is 0 Å². The first kappa shape index (κ1) is 18.1. The fraction of sp³-hybridized carbons (Fsp3) is 0.789. The van der Waals surface area contributed by atoms with E-state index in [0.717, 1.165) is 18.4 Å². The molecule has 3 rings (SSSR count). The fourth-order valence-electron chi connectivity index (χ4n) is 4.32. The summed E-state index contributed by atoms with van der Waals surface area (Å²) in [5.41, 5.74) is 0.762. The van der Waals surface area contributed by atoms with Crippen LogP contribution in [0.5, 0.6) is 0 Å². The molecule has 3 fully saturated rings. The molecule has 5 atom stereocenters. The highest BCUT2D eigenvalue weighted by molar-refractivity contribution is 5.14. The maximum Gasteiger partial charge on any atom is 0.188 e. The number of hydrogen-bond donors (Lipinski definition) is 0. The van der Waals surface area contributed by atoms with Crippen LogP contribution in [-0.2, 0) is 23.7 Å². The van der Waals surface area contributed by atoms with Crippen molar-refractivity contribution in [1.29, 1.82) is 0 Å². The van der Waals surface area contributed by atoms with Crippen LogP contribution in [0.25, 0.3) is 0 Å². The third-order valence-electron chi connectivity index (χ3n) is 5.00. The van der Waals surface area contributed by atoms with E-state index in [1.165, 1.54) is 0 Å². The molecule has 0 spiro atoms. The molecular formula is C19H30O5. The summed E-state index contributed by atoms with van der Waals surface area (Å²) in [7, 11) is 0. The van der Waals surface area contributed by atoms with Gasteiger partial charge in [0.05, 0.1) is 12.7 Å². The van der Waals surface area contributed by atoms with Crippen LogP contribution in [-0.4, -0.2) is 42.8 Å². The Kier molecular flexibility index (Phi) is 4.46. The smallest absolute Gasteiger partial charge is 0.188 e. The van der Waals surface area contributed by atoms with Crippen molar-refractivity contribution < 1.29 is 23.7 Å². The predicted octanol–water partition coefficient (Wildman–Crippen LogP) is 3.54. The SMILES string of the molecule is C=CC[C@]1(CC(=C)C)[C@@H]([C@H]2COC(C)(C)O2)O[C@@H]2OC(C)(C)O[C@@H]21. The Bertz CT molecular complexity index is 526. The van der Waals surface area contributed by atoms with Gasteiger partial charge in [-0.05, 0) is 47.5 Å². The third kappa shape index (κ3) is 3.08. The van der Waals surface area contributed by atoms with E-state index in [1.807, 2.05) is 40.7 Å². The van der Waals surface area contributed by atoms with Crippen molar-refractivity contribution in [3.63, 3.8) is 0 Å². The molecule has 0 unspecified atom stereocenters. The van der Waals surface area contributed by atoms with Crippen LogP contribution in [0.3, 0.4) is 0 Å². The second kappa shape index (κ2) is 5.92. The molecule has 0 aromatic heterocycles. The molecule has 0 radical (unpaired) electrons. The first-order valence-corrected chi connectivity index (χ1v) is 8.67. The monoisotopic (exact) mass is 338 g/mol. The first-order valence-electron chi connectivity index (χ1n) is 8.67. The Morgan fingerprint density at radius 3 is 2.33 bits per heavy atom. The average molecular weight is 338 g/mol. The number of fused-ring (bicyclic) bond motifs is 1. The summed E-state index contributed by atoms with van der Waals surface area (Å²) in [5.74, 6) is -1.26. The van der Waals surface area contributed by atoms with Gasteiger partial charge < -0.3 is 23.7 Å².